The van der Waals surface area contributed by atoms with Crippen molar-refractivity contribution >= 4 is 5.96 Å². The van der Waals surface area contributed by atoms with E-state index in [1.807, 2.05) is 6.92 Å². The third kappa shape index (κ3) is 7.86. The van der Waals surface area contributed by atoms with Crippen molar-refractivity contribution in [3.05, 3.63) is 35.4 Å². The minimum atomic E-state index is 0.281. The Hall–Kier alpha value is -1.63. The predicted molar refractivity (Wildman–Crippen MR) is 99.8 cm³/mol. The zero-order valence-electron chi connectivity index (χ0n) is 15.4. The van der Waals surface area contributed by atoms with Crippen LogP contribution >= 0.6 is 0 Å². The lowest BCUT2D eigenvalue weighted by Gasteiger charge is -2.13. The van der Waals surface area contributed by atoms with E-state index in [1.54, 1.807) is 7.05 Å². The summed E-state index contributed by atoms with van der Waals surface area (Å²) in [5.41, 5.74) is 2.41. The summed E-state index contributed by atoms with van der Waals surface area (Å²) >= 11 is 0. The zero-order chi connectivity index (χ0) is 17.7. The van der Waals surface area contributed by atoms with Gasteiger partial charge in [0.2, 0.25) is 0 Å². The molecule has 2 N–H and O–H groups in total. The normalized spacial score (nSPS) is 17.7. The van der Waals surface area contributed by atoms with E-state index in [2.05, 4.69) is 39.9 Å². The molecule has 1 atom stereocenters. The number of hydrogen-bond acceptors (Lipinski definition) is 4. The first kappa shape index (κ1) is 19.7. The molecular weight excluding hydrogens is 318 g/mol. The van der Waals surface area contributed by atoms with Crippen LogP contribution in [0.1, 0.15) is 30.9 Å². The summed E-state index contributed by atoms with van der Waals surface area (Å²) in [4.78, 5) is 4.25. The van der Waals surface area contributed by atoms with Gasteiger partial charge in [-0.25, -0.2) is 0 Å². The molecule has 1 fully saturated rings. The molecule has 0 aliphatic carbocycles. The minimum Gasteiger partial charge on any atom is -0.379 e. The summed E-state index contributed by atoms with van der Waals surface area (Å²) in [5.74, 6) is 0.808. The van der Waals surface area contributed by atoms with E-state index in [1.165, 1.54) is 11.1 Å². The fraction of sp³-hybridized carbons (Fsp3) is 0.632. The molecule has 0 aromatic heterocycles. The highest BCUT2D eigenvalue weighted by Crippen LogP contribution is 2.08. The third-order valence-electron chi connectivity index (χ3n) is 4.03. The molecule has 0 bridgehead atoms. The molecule has 0 spiro atoms. The number of hydrogen-bond donors (Lipinski definition) is 2. The fourth-order valence-corrected chi connectivity index (χ4v) is 2.55. The van der Waals surface area contributed by atoms with E-state index < -0.39 is 0 Å². The Labute approximate surface area is 151 Å². The van der Waals surface area contributed by atoms with Crippen LogP contribution in [0.5, 0.6) is 0 Å². The highest BCUT2D eigenvalue weighted by molar-refractivity contribution is 5.79. The second-order valence-corrected chi connectivity index (χ2v) is 6.02. The molecule has 1 aliphatic rings. The van der Waals surface area contributed by atoms with Gasteiger partial charge >= 0.3 is 0 Å². The molecule has 2 rings (SSSR count). The molecule has 1 aliphatic heterocycles. The number of guanidine groups is 1. The molecule has 6 nitrogen and oxygen atoms in total. The monoisotopic (exact) mass is 349 g/mol. The van der Waals surface area contributed by atoms with Gasteiger partial charge in [-0.05, 0) is 30.9 Å². The van der Waals surface area contributed by atoms with Crippen LogP contribution in [0.25, 0.3) is 0 Å². The first-order valence-electron chi connectivity index (χ1n) is 9.11. The zero-order valence-corrected chi connectivity index (χ0v) is 15.4. The molecule has 1 aromatic carbocycles. The Bertz CT molecular complexity index is 499. The molecule has 1 saturated heterocycles. The Kier molecular flexibility index (Phi) is 9.33. The van der Waals surface area contributed by atoms with Crippen LogP contribution in [0.2, 0.25) is 0 Å². The summed E-state index contributed by atoms with van der Waals surface area (Å²) in [5, 5.41) is 6.64. The number of nitrogens with zero attached hydrogens (tertiary/aromatic N) is 1. The van der Waals surface area contributed by atoms with E-state index >= 15 is 0 Å². The summed E-state index contributed by atoms with van der Waals surface area (Å²) in [6, 6.07) is 8.44. The van der Waals surface area contributed by atoms with Gasteiger partial charge < -0.3 is 24.8 Å². The Morgan fingerprint density at radius 1 is 1.24 bits per heavy atom. The molecule has 0 radical (unpaired) electrons. The molecular formula is C19H31N3O3. The Morgan fingerprint density at radius 2 is 2.04 bits per heavy atom. The lowest BCUT2D eigenvalue weighted by molar-refractivity contribution is 0.0420. The maximum Gasteiger partial charge on any atom is 0.191 e. The van der Waals surface area contributed by atoms with Gasteiger partial charge in [0, 0.05) is 40.0 Å². The third-order valence-corrected chi connectivity index (χ3v) is 4.03. The lowest BCUT2D eigenvalue weighted by Crippen LogP contribution is -2.37. The maximum atomic E-state index is 5.75. The number of rotatable bonds is 10. The first-order chi connectivity index (χ1) is 12.3. The van der Waals surface area contributed by atoms with Crippen molar-refractivity contribution in [2.45, 2.75) is 39.0 Å². The van der Waals surface area contributed by atoms with Gasteiger partial charge in [-0.3, -0.25) is 4.99 Å². The number of ether oxygens (including phenoxy) is 3. The molecule has 0 amide bonds. The van der Waals surface area contributed by atoms with Crippen molar-refractivity contribution in [3.8, 4) is 0 Å². The van der Waals surface area contributed by atoms with Crippen molar-refractivity contribution in [1.82, 2.24) is 10.6 Å². The van der Waals surface area contributed by atoms with Gasteiger partial charge in [0.05, 0.1) is 19.3 Å². The number of aliphatic imine (C=N–C) groups is 1. The average molecular weight is 349 g/mol. The van der Waals surface area contributed by atoms with Crippen LogP contribution in [0.4, 0.5) is 0 Å². The molecule has 0 saturated carbocycles. The van der Waals surface area contributed by atoms with Gasteiger partial charge in [-0.15, -0.1) is 0 Å². The second-order valence-electron chi connectivity index (χ2n) is 6.02. The minimum absolute atomic E-state index is 0.281. The standard InChI is InChI=1S/C19H31N3O3/c1-3-23-14-17-7-5-16(6-8-17)13-22-19(20-2)21-10-4-11-25-18-9-12-24-15-18/h5-8,18H,3-4,9-15H2,1-2H3,(H2,20,21,22). The van der Waals surface area contributed by atoms with Gasteiger partial charge in [-0.1, -0.05) is 24.3 Å². The van der Waals surface area contributed by atoms with Gasteiger partial charge in [0.15, 0.2) is 5.96 Å². The summed E-state index contributed by atoms with van der Waals surface area (Å²) in [6.07, 6.45) is 2.24. The average Bonchev–Trinajstić information content (AvgIpc) is 3.16. The molecule has 1 aromatic rings. The van der Waals surface area contributed by atoms with Crippen LogP contribution in [0.3, 0.4) is 0 Å². The van der Waals surface area contributed by atoms with Crippen LogP contribution in [0, 0.1) is 0 Å². The van der Waals surface area contributed by atoms with Crippen LogP contribution in [-0.2, 0) is 27.4 Å². The van der Waals surface area contributed by atoms with E-state index in [9.17, 15) is 0 Å². The predicted octanol–water partition coefficient (Wildman–Crippen LogP) is 2.08. The summed E-state index contributed by atoms with van der Waals surface area (Å²) in [7, 11) is 1.78. The van der Waals surface area contributed by atoms with Gasteiger partial charge in [0.25, 0.3) is 0 Å². The SMILES string of the molecule is CCOCc1ccc(CNC(=NC)NCCCOC2CCOC2)cc1. The molecule has 140 valence electrons. The van der Waals surface area contributed by atoms with E-state index in [4.69, 9.17) is 14.2 Å². The number of nitrogens with one attached hydrogen (secondary N) is 2. The van der Waals surface area contributed by atoms with E-state index in [-0.39, 0.29) is 6.10 Å². The smallest absolute Gasteiger partial charge is 0.191 e. The highest BCUT2D eigenvalue weighted by atomic mass is 16.5. The highest BCUT2D eigenvalue weighted by Gasteiger charge is 2.15. The first-order valence-corrected chi connectivity index (χ1v) is 9.11. The van der Waals surface area contributed by atoms with Crippen LogP contribution in [-0.4, -0.2) is 52.1 Å². The van der Waals surface area contributed by atoms with Crippen molar-refractivity contribution in [2.75, 3.05) is 40.0 Å². The molecule has 6 heteroatoms. The Morgan fingerprint density at radius 3 is 2.72 bits per heavy atom. The summed E-state index contributed by atoms with van der Waals surface area (Å²) < 4.78 is 16.5. The largest absolute Gasteiger partial charge is 0.379 e. The number of benzene rings is 1. The van der Waals surface area contributed by atoms with Crippen molar-refractivity contribution in [2.24, 2.45) is 4.99 Å². The van der Waals surface area contributed by atoms with Gasteiger partial charge in [0.1, 0.15) is 0 Å². The van der Waals surface area contributed by atoms with E-state index in [0.29, 0.717) is 6.61 Å². The summed E-state index contributed by atoms with van der Waals surface area (Å²) in [6.45, 7) is 7.30. The van der Waals surface area contributed by atoms with Crippen molar-refractivity contribution in [3.63, 3.8) is 0 Å². The molecule has 1 heterocycles. The van der Waals surface area contributed by atoms with Crippen LogP contribution < -0.4 is 10.6 Å². The van der Waals surface area contributed by atoms with Crippen molar-refractivity contribution < 1.29 is 14.2 Å². The lowest BCUT2D eigenvalue weighted by atomic mass is 10.1. The Balaban J connectivity index is 1.59. The topological polar surface area (TPSA) is 64.1 Å². The van der Waals surface area contributed by atoms with E-state index in [0.717, 1.165) is 58.3 Å². The quantitative estimate of drug-likeness (QED) is 0.385. The van der Waals surface area contributed by atoms with Gasteiger partial charge in [-0.2, -0.15) is 0 Å². The second kappa shape index (κ2) is 11.8. The van der Waals surface area contributed by atoms with Crippen LogP contribution in [0.15, 0.2) is 29.3 Å². The fourth-order valence-electron chi connectivity index (χ4n) is 2.55. The molecule has 1 unspecified atom stereocenters. The van der Waals surface area contributed by atoms with Crippen molar-refractivity contribution in [1.29, 1.82) is 0 Å². The molecule has 25 heavy (non-hydrogen) atoms. The maximum absolute atomic E-state index is 5.75.